The van der Waals surface area contributed by atoms with Crippen LogP contribution in [0.3, 0.4) is 0 Å². The van der Waals surface area contributed by atoms with E-state index in [4.69, 9.17) is 5.73 Å². The van der Waals surface area contributed by atoms with Crippen molar-refractivity contribution in [2.45, 2.75) is 38.8 Å². The maximum absolute atomic E-state index is 12.4. The quantitative estimate of drug-likeness (QED) is 0.891. The van der Waals surface area contributed by atoms with E-state index in [2.05, 4.69) is 15.1 Å². The fraction of sp³-hybridized carbons (Fsp3) is 0.667. The Bertz CT molecular complexity index is 464. The number of piperidine rings is 1. The summed E-state index contributed by atoms with van der Waals surface area (Å²) in [4.78, 5) is 16.5. The fourth-order valence-corrected chi connectivity index (χ4v) is 2.67. The van der Waals surface area contributed by atoms with E-state index in [1.807, 2.05) is 37.9 Å². The standard InChI is InChI=1S/C15H25N5O/c1-11(12(2)16)15(21)19(3)13-6-5-9-20(10-13)14-7-4-8-17-18-14/h4,7-8,11-13H,5-6,9-10,16H2,1-3H3. The third-order valence-electron chi connectivity index (χ3n) is 4.35. The van der Waals surface area contributed by atoms with Gasteiger partial charge in [-0.1, -0.05) is 6.92 Å². The SMILES string of the molecule is CC(N)C(C)C(=O)N(C)C1CCCN(c2cccnn2)C1. The number of nitrogens with zero attached hydrogens (tertiary/aromatic N) is 4. The highest BCUT2D eigenvalue weighted by Crippen LogP contribution is 2.21. The van der Waals surface area contributed by atoms with Gasteiger partial charge in [0, 0.05) is 38.4 Å². The van der Waals surface area contributed by atoms with Crippen molar-refractivity contribution in [1.82, 2.24) is 15.1 Å². The van der Waals surface area contributed by atoms with Gasteiger partial charge in [-0.2, -0.15) is 5.10 Å². The smallest absolute Gasteiger partial charge is 0.227 e. The summed E-state index contributed by atoms with van der Waals surface area (Å²) in [5.41, 5.74) is 5.85. The molecule has 0 aliphatic carbocycles. The number of hydrogen-bond acceptors (Lipinski definition) is 5. The Morgan fingerprint density at radius 2 is 2.29 bits per heavy atom. The molecule has 3 atom stereocenters. The lowest BCUT2D eigenvalue weighted by Gasteiger charge is -2.39. The van der Waals surface area contributed by atoms with Gasteiger partial charge in [0.15, 0.2) is 5.82 Å². The molecule has 0 bridgehead atoms. The molecule has 1 saturated heterocycles. The second-order valence-electron chi connectivity index (χ2n) is 5.92. The maximum atomic E-state index is 12.4. The van der Waals surface area contributed by atoms with Crippen LogP contribution in [-0.4, -0.2) is 53.2 Å². The Balaban J connectivity index is 2.02. The van der Waals surface area contributed by atoms with E-state index in [0.717, 1.165) is 31.7 Å². The maximum Gasteiger partial charge on any atom is 0.227 e. The van der Waals surface area contributed by atoms with Gasteiger partial charge in [0.25, 0.3) is 0 Å². The van der Waals surface area contributed by atoms with Crippen LogP contribution in [-0.2, 0) is 4.79 Å². The van der Waals surface area contributed by atoms with Crippen LogP contribution in [0.2, 0.25) is 0 Å². The zero-order valence-electron chi connectivity index (χ0n) is 13.1. The molecule has 0 spiro atoms. The van der Waals surface area contributed by atoms with Gasteiger partial charge in [-0.15, -0.1) is 5.10 Å². The molecule has 0 aromatic carbocycles. The van der Waals surface area contributed by atoms with Crippen molar-refractivity contribution < 1.29 is 4.79 Å². The Hall–Kier alpha value is -1.69. The molecule has 116 valence electrons. The Labute approximate surface area is 126 Å². The zero-order valence-corrected chi connectivity index (χ0v) is 13.1. The molecular formula is C15H25N5O. The molecule has 2 N–H and O–H groups in total. The topological polar surface area (TPSA) is 75.4 Å². The minimum absolute atomic E-state index is 0.121. The van der Waals surface area contributed by atoms with Crippen LogP contribution in [0.15, 0.2) is 18.3 Å². The third kappa shape index (κ3) is 3.69. The largest absolute Gasteiger partial charge is 0.353 e. The Morgan fingerprint density at radius 3 is 2.90 bits per heavy atom. The average Bonchev–Trinajstić information content (AvgIpc) is 2.53. The number of hydrogen-bond donors (Lipinski definition) is 1. The summed E-state index contributed by atoms with van der Waals surface area (Å²) < 4.78 is 0. The lowest BCUT2D eigenvalue weighted by atomic mass is 9.99. The molecule has 1 aliphatic rings. The molecule has 2 rings (SSSR count). The van der Waals surface area contributed by atoms with Crippen molar-refractivity contribution in [2.24, 2.45) is 11.7 Å². The number of anilines is 1. The van der Waals surface area contributed by atoms with E-state index < -0.39 is 0 Å². The van der Waals surface area contributed by atoms with Gasteiger partial charge >= 0.3 is 0 Å². The second-order valence-corrected chi connectivity index (χ2v) is 5.92. The molecular weight excluding hydrogens is 266 g/mol. The van der Waals surface area contributed by atoms with Crippen LogP contribution in [0.1, 0.15) is 26.7 Å². The molecule has 3 unspecified atom stereocenters. The molecule has 6 heteroatoms. The van der Waals surface area contributed by atoms with E-state index in [-0.39, 0.29) is 23.9 Å². The predicted octanol–water partition coefficient (Wildman–Crippen LogP) is 0.887. The van der Waals surface area contributed by atoms with Crippen molar-refractivity contribution in [3.63, 3.8) is 0 Å². The number of amides is 1. The number of nitrogens with two attached hydrogens (primary N) is 1. The first kappa shape index (κ1) is 15.7. The molecule has 6 nitrogen and oxygen atoms in total. The lowest BCUT2D eigenvalue weighted by Crippen LogP contribution is -2.51. The minimum atomic E-state index is -0.151. The lowest BCUT2D eigenvalue weighted by molar-refractivity contribution is -0.136. The van der Waals surface area contributed by atoms with E-state index in [1.165, 1.54) is 0 Å². The summed E-state index contributed by atoms with van der Waals surface area (Å²) in [6, 6.07) is 3.93. The summed E-state index contributed by atoms with van der Waals surface area (Å²) in [5.74, 6) is 0.848. The summed E-state index contributed by atoms with van der Waals surface area (Å²) in [6.45, 7) is 5.53. The van der Waals surface area contributed by atoms with E-state index in [9.17, 15) is 4.79 Å². The minimum Gasteiger partial charge on any atom is -0.353 e. The first-order valence-electron chi connectivity index (χ1n) is 7.55. The molecule has 1 aromatic rings. The normalized spacial score (nSPS) is 21.7. The van der Waals surface area contributed by atoms with Crippen molar-refractivity contribution in [3.05, 3.63) is 18.3 Å². The summed E-state index contributed by atoms with van der Waals surface area (Å²) in [7, 11) is 1.88. The summed E-state index contributed by atoms with van der Waals surface area (Å²) in [5, 5.41) is 8.08. The van der Waals surface area contributed by atoms with Crippen molar-refractivity contribution in [3.8, 4) is 0 Å². The second kappa shape index (κ2) is 6.85. The molecule has 0 radical (unpaired) electrons. The highest BCUT2D eigenvalue weighted by Gasteiger charge is 2.30. The van der Waals surface area contributed by atoms with Gasteiger partial charge in [-0.05, 0) is 31.9 Å². The van der Waals surface area contributed by atoms with Crippen LogP contribution < -0.4 is 10.6 Å². The summed E-state index contributed by atoms with van der Waals surface area (Å²) >= 11 is 0. The molecule has 1 amide bonds. The molecule has 2 heterocycles. The van der Waals surface area contributed by atoms with Gasteiger partial charge in [0.05, 0.1) is 5.92 Å². The van der Waals surface area contributed by atoms with Crippen LogP contribution in [0.25, 0.3) is 0 Å². The van der Waals surface area contributed by atoms with Crippen LogP contribution in [0, 0.1) is 5.92 Å². The number of carbonyl (C=O) groups excluding carboxylic acids is 1. The van der Waals surface area contributed by atoms with Gasteiger partial charge < -0.3 is 15.5 Å². The highest BCUT2D eigenvalue weighted by molar-refractivity contribution is 5.79. The molecule has 0 saturated carbocycles. The van der Waals surface area contributed by atoms with Crippen LogP contribution in [0.4, 0.5) is 5.82 Å². The van der Waals surface area contributed by atoms with Gasteiger partial charge in [0.1, 0.15) is 0 Å². The molecule has 1 fully saturated rings. The van der Waals surface area contributed by atoms with Gasteiger partial charge in [-0.25, -0.2) is 0 Å². The first-order valence-corrected chi connectivity index (χ1v) is 7.55. The summed E-state index contributed by atoms with van der Waals surface area (Å²) in [6.07, 6.45) is 3.74. The number of rotatable bonds is 4. The molecule has 21 heavy (non-hydrogen) atoms. The van der Waals surface area contributed by atoms with Crippen LogP contribution >= 0.6 is 0 Å². The Kier molecular flexibility index (Phi) is 5.12. The van der Waals surface area contributed by atoms with Crippen molar-refractivity contribution in [2.75, 3.05) is 25.0 Å². The van der Waals surface area contributed by atoms with Crippen molar-refractivity contribution >= 4 is 11.7 Å². The number of carbonyl (C=O) groups is 1. The van der Waals surface area contributed by atoms with Crippen molar-refractivity contribution in [1.29, 1.82) is 0 Å². The highest BCUT2D eigenvalue weighted by atomic mass is 16.2. The van der Waals surface area contributed by atoms with Crippen LogP contribution in [0.5, 0.6) is 0 Å². The Morgan fingerprint density at radius 1 is 1.52 bits per heavy atom. The van der Waals surface area contributed by atoms with E-state index in [0.29, 0.717) is 0 Å². The van der Waals surface area contributed by atoms with E-state index in [1.54, 1.807) is 6.20 Å². The molecule has 1 aromatic heterocycles. The van der Waals surface area contributed by atoms with Gasteiger partial charge in [0.2, 0.25) is 5.91 Å². The monoisotopic (exact) mass is 291 g/mol. The number of likely N-dealkylation sites (N-methyl/N-ethyl adjacent to an activating group) is 1. The van der Waals surface area contributed by atoms with E-state index >= 15 is 0 Å². The predicted molar refractivity (Wildman–Crippen MR) is 82.9 cm³/mol. The third-order valence-corrected chi connectivity index (χ3v) is 4.35. The first-order chi connectivity index (χ1) is 10.0. The number of aromatic nitrogens is 2. The van der Waals surface area contributed by atoms with Gasteiger partial charge in [-0.3, -0.25) is 4.79 Å². The average molecular weight is 291 g/mol. The zero-order chi connectivity index (χ0) is 15.4. The molecule has 1 aliphatic heterocycles. The fourth-order valence-electron chi connectivity index (χ4n) is 2.67.